The molecule has 0 atom stereocenters. The van der Waals surface area contributed by atoms with Gasteiger partial charge in [-0.25, -0.2) is 9.97 Å². The van der Waals surface area contributed by atoms with Crippen molar-refractivity contribution in [1.82, 2.24) is 19.4 Å². The molecule has 0 saturated carbocycles. The fourth-order valence-electron chi connectivity index (χ4n) is 3.17. The molecule has 1 amide bonds. The quantitative estimate of drug-likeness (QED) is 0.479. The maximum atomic E-state index is 12.5. The van der Waals surface area contributed by atoms with Gasteiger partial charge in [-0.2, -0.15) is 0 Å². The Morgan fingerprint density at radius 1 is 1.14 bits per heavy atom. The summed E-state index contributed by atoms with van der Waals surface area (Å²) in [6, 6.07) is 16.0. The molecule has 0 saturated heterocycles. The molecule has 0 aliphatic carbocycles. The van der Waals surface area contributed by atoms with Crippen molar-refractivity contribution in [2.45, 2.75) is 13.3 Å². The Balaban J connectivity index is 1.37. The summed E-state index contributed by atoms with van der Waals surface area (Å²) in [4.78, 5) is 25.6. The van der Waals surface area contributed by atoms with Gasteiger partial charge >= 0.3 is 0 Å². The molecule has 138 valence electrons. The van der Waals surface area contributed by atoms with E-state index in [1.807, 2.05) is 40.2 Å². The van der Waals surface area contributed by atoms with Gasteiger partial charge in [0.1, 0.15) is 0 Å². The first-order chi connectivity index (χ1) is 13.7. The number of carbonyl (C=O) groups excluding carboxylic acids is 1. The summed E-state index contributed by atoms with van der Waals surface area (Å²) in [6.07, 6.45) is 2.24. The summed E-state index contributed by atoms with van der Waals surface area (Å²) in [7, 11) is 0. The van der Waals surface area contributed by atoms with Crippen molar-refractivity contribution >= 4 is 39.2 Å². The number of fused-ring (bicyclic) bond motifs is 2. The Morgan fingerprint density at radius 2 is 1.96 bits per heavy atom. The maximum absolute atomic E-state index is 12.5. The zero-order chi connectivity index (χ0) is 19.1. The highest BCUT2D eigenvalue weighted by molar-refractivity contribution is 7.15. The molecule has 3 heterocycles. The van der Waals surface area contributed by atoms with Gasteiger partial charge in [0.2, 0.25) is 11.9 Å². The average Bonchev–Trinajstić information content (AvgIpc) is 3.37. The number of rotatable bonds is 4. The highest BCUT2D eigenvalue weighted by atomic mass is 32.1. The number of nitrogens with zero attached hydrogens (tertiary/aromatic N) is 3. The summed E-state index contributed by atoms with van der Waals surface area (Å²) >= 11 is 1.53. The molecular weight excluding hydrogens is 370 g/mol. The fraction of sp³-hybridized carbons (Fsp3) is 0.0952. The van der Waals surface area contributed by atoms with Crippen LogP contribution in [0.15, 0.2) is 60.1 Å². The lowest BCUT2D eigenvalue weighted by Crippen LogP contribution is -2.16. The number of hydrogen-bond donors (Lipinski definition) is 2. The lowest BCUT2D eigenvalue weighted by atomic mass is 10.1. The second-order valence-electron chi connectivity index (χ2n) is 6.70. The number of benzene rings is 2. The van der Waals surface area contributed by atoms with Gasteiger partial charge in [0.05, 0.1) is 23.1 Å². The molecular formula is C21H17N5OS. The topological polar surface area (TPSA) is 75.1 Å². The van der Waals surface area contributed by atoms with E-state index in [1.165, 1.54) is 16.9 Å². The summed E-state index contributed by atoms with van der Waals surface area (Å²) in [5.74, 6) is 0.341. The lowest BCUT2D eigenvalue weighted by molar-refractivity contribution is -0.115. The lowest BCUT2D eigenvalue weighted by Gasteiger charge is -2.01. The monoisotopic (exact) mass is 387 g/mol. The molecule has 2 aromatic carbocycles. The van der Waals surface area contributed by atoms with Crippen LogP contribution in [0.2, 0.25) is 0 Å². The molecule has 0 spiro atoms. The molecule has 0 aliphatic rings. The minimum atomic E-state index is -0.121. The fourth-order valence-corrected chi connectivity index (χ4v) is 4.05. The Hall–Kier alpha value is -3.45. The van der Waals surface area contributed by atoms with Crippen molar-refractivity contribution in [2.24, 2.45) is 0 Å². The SMILES string of the molecule is Cc1ccc(-c2cn3c(CC(=O)Nc4nc5ccccc5[nH]4)csc3n2)cc1. The number of anilines is 1. The number of aryl methyl sites for hydroxylation is 1. The number of hydrogen-bond acceptors (Lipinski definition) is 4. The van der Waals surface area contributed by atoms with Crippen LogP contribution in [0.4, 0.5) is 5.95 Å². The van der Waals surface area contributed by atoms with Crippen molar-refractivity contribution in [1.29, 1.82) is 0 Å². The first-order valence-electron chi connectivity index (χ1n) is 8.93. The Kier molecular flexibility index (Phi) is 3.95. The van der Waals surface area contributed by atoms with E-state index < -0.39 is 0 Å². The summed E-state index contributed by atoms with van der Waals surface area (Å²) in [5.41, 5.74) is 5.82. The van der Waals surface area contributed by atoms with E-state index in [4.69, 9.17) is 0 Å². The maximum Gasteiger partial charge on any atom is 0.232 e. The molecule has 28 heavy (non-hydrogen) atoms. The first kappa shape index (κ1) is 16.7. The average molecular weight is 387 g/mol. The number of aromatic nitrogens is 4. The normalized spacial score (nSPS) is 11.3. The van der Waals surface area contributed by atoms with Gasteiger partial charge in [0.15, 0.2) is 4.96 Å². The Morgan fingerprint density at radius 3 is 2.79 bits per heavy atom. The van der Waals surface area contributed by atoms with Gasteiger partial charge in [-0.3, -0.25) is 14.5 Å². The molecule has 2 N–H and O–H groups in total. The van der Waals surface area contributed by atoms with Gasteiger partial charge in [0, 0.05) is 22.8 Å². The molecule has 5 aromatic rings. The van der Waals surface area contributed by atoms with Crippen LogP contribution in [0.25, 0.3) is 27.3 Å². The van der Waals surface area contributed by atoms with Crippen LogP contribution in [-0.2, 0) is 11.2 Å². The van der Waals surface area contributed by atoms with Gasteiger partial charge < -0.3 is 4.98 Å². The first-order valence-corrected chi connectivity index (χ1v) is 9.81. The van der Waals surface area contributed by atoms with E-state index in [-0.39, 0.29) is 12.3 Å². The largest absolute Gasteiger partial charge is 0.324 e. The molecule has 3 aromatic heterocycles. The van der Waals surface area contributed by atoms with Crippen molar-refractivity contribution in [3.8, 4) is 11.3 Å². The highest BCUT2D eigenvalue weighted by Gasteiger charge is 2.14. The summed E-state index contributed by atoms with van der Waals surface area (Å²) in [5, 5.41) is 4.82. The van der Waals surface area contributed by atoms with Crippen molar-refractivity contribution in [3.05, 3.63) is 71.4 Å². The molecule has 0 radical (unpaired) electrons. The van der Waals surface area contributed by atoms with Crippen molar-refractivity contribution < 1.29 is 4.79 Å². The van der Waals surface area contributed by atoms with E-state index in [9.17, 15) is 4.79 Å². The summed E-state index contributed by atoms with van der Waals surface area (Å²) in [6.45, 7) is 2.06. The number of thiazole rings is 1. The Bertz CT molecular complexity index is 1260. The van der Waals surface area contributed by atoms with Crippen LogP contribution in [0.5, 0.6) is 0 Å². The third-order valence-corrected chi connectivity index (χ3v) is 5.51. The standard InChI is InChI=1S/C21H17N5OS/c1-13-6-8-14(9-7-13)18-11-26-15(12-28-21(26)24-18)10-19(27)25-20-22-16-4-2-3-5-17(16)23-20/h2-9,11-12H,10H2,1H3,(H2,22,23,25,27). The number of para-hydroxylation sites is 2. The highest BCUT2D eigenvalue weighted by Crippen LogP contribution is 2.24. The molecule has 0 aliphatic heterocycles. The van der Waals surface area contributed by atoms with E-state index in [0.717, 1.165) is 32.9 Å². The zero-order valence-electron chi connectivity index (χ0n) is 15.1. The van der Waals surface area contributed by atoms with Gasteiger partial charge in [0.25, 0.3) is 0 Å². The van der Waals surface area contributed by atoms with Crippen LogP contribution in [0, 0.1) is 6.92 Å². The number of aromatic amines is 1. The smallest absolute Gasteiger partial charge is 0.232 e. The van der Waals surface area contributed by atoms with Crippen LogP contribution < -0.4 is 5.32 Å². The van der Waals surface area contributed by atoms with E-state index in [0.29, 0.717) is 5.95 Å². The molecule has 5 rings (SSSR count). The van der Waals surface area contributed by atoms with Crippen molar-refractivity contribution in [2.75, 3.05) is 5.32 Å². The molecule has 0 unspecified atom stereocenters. The number of carbonyl (C=O) groups is 1. The second kappa shape index (κ2) is 6.61. The van der Waals surface area contributed by atoms with Crippen LogP contribution in [-0.4, -0.2) is 25.3 Å². The van der Waals surface area contributed by atoms with Crippen LogP contribution in [0.3, 0.4) is 0 Å². The third kappa shape index (κ3) is 3.05. The molecule has 0 fully saturated rings. The van der Waals surface area contributed by atoms with Gasteiger partial charge in [-0.15, -0.1) is 11.3 Å². The van der Waals surface area contributed by atoms with Gasteiger partial charge in [-0.05, 0) is 19.1 Å². The molecule has 0 bridgehead atoms. The number of amides is 1. The zero-order valence-corrected chi connectivity index (χ0v) is 16.0. The second-order valence-corrected chi connectivity index (χ2v) is 7.54. The Labute approximate surface area is 164 Å². The molecule has 6 nitrogen and oxygen atoms in total. The number of H-pyrrole nitrogens is 1. The van der Waals surface area contributed by atoms with E-state index in [1.54, 1.807) is 0 Å². The summed E-state index contributed by atoms with van der Waals surface area (Å²) < 4.78 is 1.98. The van der Waals surface area contributed by atoms with E-state index in [2.05, 4.69) is 51.5 Å². The van der Waals surface area contributed by atoms with Crippen LogP contribution >= 0.6 is 11.3 Å². The van der Waals surface area contributed by atoms with Crippen molar-refractivity contribution in [3.63, 3.8) is 0 Å². The minimum Gasteiger partial charge on any atom is -0.324 e. The van der Waals surface area contributed by atoms with Gasteiger partial charge in [-0.1, -0.05) is 42.0 Å². The van der Waals surface area contributed by atoms with E-state index >= 15 is 0 Å². The predicted molar refractivity (Wildman–Crippen MR) is 112 cm³/mol. The number of imidazole rings is 2. The predicted octanol–water partition coefficient (Wildman–Crippen LogP) is 4.43. The minimum absolute atomic E-state index is 0.121. The number of nitrogens with one attached hydrogen (secondary N) is 2. The molecule has 7 heteroatoms. The third-order valence-electron chi connectivity index (χ3n) is 4.62. The van der Waals surface area contributed by atoms with Crippen LogP contribution in [0.1, 0.15) is 11.3 Å².